The van der Waals surface area contributed by atoms with Crippen molar-refractivity contribution in [2.75, 3.05) is 0 Å². The van der Waals surface area contributed by atoms with Crippen LogP contribution in [-0.2, 0) is 11.3 Å². The molecule has 0 atom stereocenters. The summed E-state index contributed by atoms with van der Waals surface area (Å²) in [6, 6.07) is 2.92. The molecule has 0 radical (unpaired) electrons. The van der Waals surface area contributed by atoms with Gasteiger partial charge in [-0.3, -0.25) is 4.79 Å². The lowest BCUT2D eigenvalue weighted by Gasteiger charge is -2.03. The average molecular weight is 194 g/mol. The number of nitrogens with zero attached hydrogens (tertiary/aromatic N) is 2. The third-order valence-corrected chi connectivity index (χ3v) is 1.64. The van der Waals surface area contributed by atoms with Crippen molar-refractivity contribution in [3.8, 4) is 0 Å². The summed E-state index contributed by atoms with van der Waals surface area (Å²) in [4.78, 5) is 21.7. The highest BCUT2D eigenvalue weighted by Crippen LogP contribution is 1.94. The number of carboxylic acid groups (broad SMARTS) is 1. The normalized spacial score (nSPS) is 9.79. The smallest absolute Gasteiger partial charge is 0.332 e. The molecule has 0 unspecified atom stereocenters. The second-order valence-corrected chi connectivity index (χ2v) is 2.88. The van der Waals surface area contributed by atoms with Crippen LogP contribution in [-0.4, -0.2) is 20.9 Å². The fourth-order valence-electron chi connectivity index (χ4n) is 0.913. The Bertz CT molecular complexity index is 434. The lowest BCUT2D eigenvalue weighted by atomic mass is 10.3. The lowest BCUT2D eigenvalue weighted by Crippen LogP contribution is -2.24. The maximum absolute atomic E-state index is 11.2. The number of carboxylic acids is 1. The molecular formula is C9H10N2O3. The fraction of sp³-hybridized carbons (Fsp3) is 0.222. The summed E-state index contributed by atoms with van der Waals surface area (Å²) >= 11 is 0. The number of hydrogen-bond acceptors (Lipinski definition) is 3. The van der Waals surface area contributed by atoms with E-state index in [-0.39, 0.29) is 17.7 Å². The molecular weight excluding hydrogens is 184 g/mol. The molecule has 0 aliphatic carbocycles. The van der Waals surface area contributed by atoms with Crippen LogP contribution in [0.15, 0.2) is 29.1 Å². The Kier molecular flexibility index (Phi) is 2.81. The fourth-order valence-corrected chi connectivity index (χ4v) is 0.913. The molecule has 0 bridgehead atoms. The van der Waals surface area contributed by atoms with Gasteiger partial charge in [0.1, 0.15) is 0 Å². The van der Waals surface area contributed by atoms with Crippen LogP contribution in [0, 0.1) is 6.92 Å². The molecule has 74 valence electrons. The molecule has 5 nitrogen and oxygen atoms in total. The molecule has 0 aromatic carbocycles. The number of aromatic nitrogens is 2. The molecule has 1 N–H and O–H groups in total. The van der Waals surface area contributed by atoms with Gasteiger partial charge in [-0.15, -0.1) is 0 Å². The third kappa shape index (κ3) is 2.29. The van der Waals surface area contributed by atoms with Gasteiger partial charge in [0.05, 0.1) is 17.8 Å². The van der Waals surface area contributed by atoms with E-state index in [0.29, 0.717) is 5.69 Å². The van der Waals surface area contributed by atoms with Crippen LogP contribution < -0.4 is 5.56 Å². The zero-order valence-electron chi connectivity index (χ0n) is 7.73. The quantitative estimate of drug-likeness (QED) is 0.697. The van der Waals surface area contributed by atoms with E-state index in [2.05, 4.69) is 11.7 Å². The maximum atomic E-state index is 11.2. The van der Waals surface area contributed by atoms with E-state index >= 15 is 0 Å². The average Bonchev–Trinajstić information content (AvgIpc) is 2.11. The first kappa shape index (κ1) is 10.2. The second kappa shape index (κ2) is 3.87. The van der Waals surface area contributed by atoms with E-state index in [1.807, 2.05) is 0 Å². The highest BCUT2D eigenvalue weighted by Gasteiger charge is 2.06. The largest absolute Gasteiger partial charge is 0.478 e. The molecule has 5 heteroatoms. The SMILES string of the molecule is C=C(Cn1nc(C)ccc1=O)C(=O)O. The summed E-state index contributed by atoms with van der Waals surface area (Å²) in [6.07, 6.45) is 0. The van der Waals surface area contributed by atoms with E-state index < -0.39 is 5.97 Å². The molecule has 0 saturated carbocycles. The Morgan fingerprint density at radius 1 is 1.64 bits per heavy atom. The summed E-state index contributed by atoms with van der Waals surface area (Å²) in [6.45, 7) is 4.96. The van der Waals surface area contributed by atoms with Crippen LogP contribution in [0.25, 0.3) is 0 Å². The molecule has 1 aromatic rings. The first-order chi connectivity index (χ1) is 6.50. The van der Waals surface area contributed by atoms with E-state index in [1.54, 1.807) is 13.0 Å². The molecule has 0 fully saturated rings. The van der Waals surface area contributed by atoms with Gasteiger partial charge in [-0.25, -0.2) is 9.48 Å². The van der Waals surface area contributed by atoms with E-state index in [9.17, 15) is 9.59 Å². The van der Waals surface area contributed by atoms with Crippen molar-refractivity contribution in [1.29, 1.82) is 0 Å². The summed E-state index contributed by atoms with van der Waals surface area (Å²) in [5, 5.41) is 12.4. The standard InChI is InChI=1S/C9H10N2O3/c1-6(9(13)14)5-11-8(12)4-3-7(2)10-11/h3-4H,1,5H2,2H3,(H,13,14). The van der Waals surface area contributed by atoms with Gasteiger partial charge >= 0.3 is 5.97 Å². The van der Waals surface area contributed by atoms with Crippen LogP contribution >= 0.6 is 0 Å². The molecule has 1 aromatic heterocycles. The number of carbonyl (C=O) groups is 1. The Hall–Kier alpha value is -1.91. The minimum Gasteiger partial charge on any atom is -0.478 e. The van der Waals surface area contributed by atoms with Crippen molar-refractivity contribution in [1.82, 2.24) is 9.78 Å². The Labute approximate surface area is 80.3 Å². The Morgan fingerprint density at radius 2 is 2.29 bits per heavy atom. The van der Waals surface area contributed by atoms with Crippen LogP contribution in [0.3, 0.4) is 0 Å². The predicted molar refractivity (Wildman–Crippen MR) is 50.0 cm³/mol. The highest BCUT2D eigenvalue weighted by molar-refractivity contribution is 5.85. The lowest BCUT2D eigenvalue weighted by molar-refractivity contribution is -0.132. The molecule has 1 heterocycles. The van der Waals surface area contributed by atoms with Gasteiger partial charge in [0, 0.05) is 6.07 Å². The van der Waals surface area contributed by atoms with Gasteiger partial charge in [-0.2, -0.15) is 5.10 Å². The Morgan fingerprint density at radius 3 is 2.86 bits per heavy atom. The molecule has 0 aliphatic heterocycles. The van der Waals surface area contributed by atoms with Gasteiger partial charge in [0.15, 0.2) is 0 Å². The molecule has 1 rings (SSSR count). The van der Waals surface area contributed by atoms with Gasteiger partial charge in [0.25, 0.3) is 5.56 Å². The number of rotatable bonds is 3. The minimum atomic E-state index is -1.12. The van der Waals surface area contributed by atoms with E-state index in [1.165, 1.54) is 6.07 Å². The van der Waals surface area contributed by atoms with Gasteiger partial charge in [-0.05, 0) is 13.0 Å². The first-order valence-electron chi connectivity index (χ1n) is 3.96. The number of aliphatic carboxylic acids is 1. The molecule has 0 amide bonds. The van der Waals surface area contributed by atoms with Crippen molar-refractivity contribution >= 4 is 5.97 Å². The van der Waals surface area contributed by atoms with Crippen molar-refractivity contribution in [2.24, 2.45) is 0 Å². The zero-order valence-corrected chi connectivity index (χ0v) is 7.73. The van der Waals surface area contributed by atoms with Crippen molar-refractivity contribution in [2.45, 2.75) is 13.5 Å². The van der Waals surface area contributed by atoms with Crippen LogP contribution in [0.4, 0.5) is 0 Å². The van der Waals surface area contributed by atoms with Crippen molar-refractivity contribution in [3.05, 3.63) is 40.3 Å². The summed E-state index contributed by atoms with van der Waals surface area (Å²) < 4.78 is 1.08. The van der Waals surface area contributed by atoms with E-state index in [0.717, 1.165) is 4.68 Å². The molecule has 0 spiro atoms. The zero-order chi connectivity index (χ0) is 10.7. The molecule has 14 heavy (non-hydrogen) atoms. The van der Waals surface area contributed by atoms with Gasteiger partial charge in [0.2, 0.25) is 0 Å². The molecule has 0 aliphatic rings. The number of hydrogen-bond donors (Lipinski definition) is 1. The third-order valence-electron chi connectivity index (χ3n) is 1.64. The maximum Gasteiger partial charge on any atom is 0.332 e. The predicted octanol–water partition coefficient (Wildman–Crippen LogP) is 0.193. The van der Waals surface area contributed by atoms with Gasteiger partial charge < -0.3 is 5.11 Å². The van der Waals surface area contributed by atoms with Gasteiger partial charge in [-0.1, -0.05) is 6.58 Å². The summed E-state index contributed by atoms with van der Waals surface area (Å²) in [5.74, 6) is -1.12. The van der Waals surface area contributed by atoms with Crippen LogP contribution in [0.1, 0.15) is 5.69 Å². The second-order valence-electron chi connectivity index (χ2n) is 2.88. The van der Waals surface area contributed by atoms with Crippen molar-refractivity contribution in [3.63, 3.8) is 0 Å². The van der Waals surface area contributed by atoms with Crippen LogP contribution in [0.2, 0.25) is 0 Å². The molecule has 0 saturated heterocycles. The summed E-state index contributed by atoms with van der Waals surface area (Å²) in [7, 11) is 0. The number of aryl methyl sites for hydroxylation is 1. The Balaban J connectivity index is 2.97. The monoisotopic (exact) mass is 194 g/mol. The van der Waals surface area contributed by atoms with Crippen LogP contribution in [0.5, 0.6) is 0 Å². The topological polar surface area (TPSA) is 72.2 Å². The first-order valence-corrected chi connectivity index (χ1v) is 3.96. The van der Waals surface area contributed by atoms with E-state index in [4.69, 9.17) is 5.11 Å². The highest BCUT2D eigenvalue weighted by atomic mass is 16.4. The summed E-state index contributed by atoms with van der Waals surface area (Å²) in [5.41, 5.74) is 0.256. The minimum absolute atomic E-state index is 0.0646. The van der Waals surface area contributed by atoms with Crippen molar-refractivity contribution < 1.29 is 9.90 Å².